The van der Waals surface area contributed by atoms with Crippen LogP contribution in [0.4, 0.5) is 0 Å². The van der Waals surface area contributed by atoms with Crippen LogP contribution in [0.25, 0.3) is 0 Å². The third-order valence-corrected chi connectivity index (χ3v) is 2.84. The Morgan fingerprint density at radius 1 is 1.50 bits per heavy atom. The summed E-state index contributed by atoms with van der Waals surface area (Å²) in [7, 11) is 2.13. The van der Waals surface area contributed by atoms with Crippen LogP contribution < -0.4 is 0 Å². The van der Waals surface area contributed by atoms with E-state index in [4.69, 9.17) is 4.74 Å². The SMILES string of the molecule is CC(C)OC[C@@H](O)CC1CCCN1C. The van der Waals surface area contributed by atoms with Gasteiger partial charge in [0.2, 0.25) is 0 Å². The summed E-state index contributed by atoms with van der Waals surface area (Å²) in [4.78, 5) is 2.33. The molecule has 1 saturated heterocycles. The lowest BCUT2D eigenvalue weighted by molar-refractivity contribution is -0.00498. The first-order valence-electron chi connectivity index (χ1n) is 5.59. The molecular formula is C11H23NO2. The normalized spacial score (nSPS) is 25.9. The average molecular weight is 201 g/mol. The third kappa shape index (κ3) is 3.95. The van der Waals surface area contributed by atoms with Crippen molar-refractivity contribution in [3.8, 4) is 0 Å². The van der Waals surface area contributed by atoms with Crippen LogP contribution in [-0.2, 0) is 4.74 Å². The second kappa shape index (κ2) is 5.69. The first-order chi connectivity index (χ1) is 6.59. The van der Waals surface area contributed by atoms with Crippen molar-refractivity contribution < 1.29 is 9.84 Å². The molecule has 1 fully saturated rings. The van der Waals surface area contributed by atoms with Crippen molar-refractivity contribution in [3.05, 3.63) is 0 Å². The Kier molecular flexibility index (Phi) is 4.85. The molecule has 1 aliphatic heterocycles. The monoisotopic (exact) mass is 201 g/mol. The molecule has 0 aliphatic carbocycles. The van der Waals surface area contributed by atoms with Crippen molar-refractivity contribution in [2.45, 2.75) is 51.4 Å². The molecule has 1 N–H and O–H groups in total. The summed E-state index contributed by atoms with van der Waals surface area (Å²) in [5, 5.41) is 9.72. The molecule has 0 saturated carbocycles. The van der Waals surface area contributed by atoms with Gasteiger partial charge in [-0.25, -0.2) is 0 Å². The molecule has 0 radical (unpaired) electrons. The van der Waals surface area contributed by atoms with Crippen LogP contribution in [0, 0.1) is 0 Å². The molecule has 0 aromatic heterocycles. The molecule has 84 valence electrons. The highest BCUT2D eigenvalue weighted by Gasteiger charge is 2.23. The number of aliphatic hydroxyl groups excluding tert-OH is 1. The van der Waals surface area contributed by atoms with Crippen LogP contribution in [0.3, 0.4) is 0 Å². The molecule has 0 bridgehead atoms. The third-order valence-electron chi connectivity index (χ3n) is 2.84. The Morgan fingerprint density at radius 2 is 2.21 bits per heavy atom. The summed E-state index contributed by atoms with van der Waals surface area (Å²) in [6, 6.07) is 0.556. The minimum Gasteiger partial charge on any atom is -0.391 e. The predicted octanol–water partition coefficient (Wildman–Crippen LogP) is 1.26. The summed E-state index contributed by atoms with van der Waals surface area (Å²) in [5.41, 5.74) is 0. The van der Waals surface area contributed by atoms with Gasteiger partial charge in [-0.1, -0.05) is 0 Å². The van der Waals surface area contributed by atoms with E-state index in [1.807, 2.05) is 13.8 Å². The highest BCUT2D eigenvalue weighted by molar-refractivity contribution is 4.78. The van der Waals surface area contributed by atoms with E-state index in [9.17, 15) is 5.11 Å². The van der Waals surface area contributed by atoms with Gasteiger partial charge >= 0.3 is 0 Å². The smallest absolute Gasteiger partial charge is 0.0788 e. The first kappa shape index (κ1) is 12.0. The van der Waals surface area contributed by atoms with Crippen LogP contribution in [0.1, 0.15) is 33.1 Å². The molecule has 1 aliphatic rings. The largest absolute Gasteiger partial charge is 0.391 e. The van der Waals surface area contributed by atoms with E-state index in [1.54, 1.807) is 0 Å². The number of aliphatic hydroxyl groups is 1. The van der Waals surface area contributed by atoms with Crippen molar-refractivity contribution >= 4 is 0 Å². The molecule has 3 nitrogen and oxygen atoms in total. The molecule has 0 amide bonds. The van der Waals surface area contributed by atoms with Gasteiger partial charge in [0.25, 0.3) is 0 Å². The number of hydrogen-bond donors (Lipinski definition) is 1. The highest BCUT2D eigenvalue weighted by atomic mass is 16.5. The fourth-order valence-electron chi connectivity index (χ4n) is 1.96. The number of rotatable bonds is 5. The van der Waals surface area contributed by atoms with Gasteiger partial charge in [0.05, 0.1) is 18.8 Å². The fourth-order valence-corrected chi connectivity index (χ4v) is 1.96. The van der Waals surface area contributed by atoms with Crippen LogP contribution in [0.15, 0.2) is 0 Å². The second-order valence-electron chi connectivity index (χ2n) is 4.55. The van der Waals surface area contributed by atoms with Gasteiger partial charge in [0.15, 0.2) is 0 Å². The lowest BCUT2D eigenvalue weighted by Gasteiger charge is -2.22. The molecule has 1 unspecified atom stereocenters. The highest BCUT2D eigenvalue weighted by Crippen LogP contribution is 2.19. The van der Waals surface area contributed by atoms with E-state index in [2.05, 4.69) is 11.9 Å². The number of likely N-dealkylation sites (tertiary alicyclic amines) is 1. The zero-order chi connectivity index (χ0) is 10.6. The van der Waals surface area contributed by atoms with E-state index in [0.29, 0.717) is 12.6 Å². The van der Waals surface area contributed by atoms with Gasteiger partial charge in [-0.05, 0) is 46.7 Å². The minimum absolute atomic E-state index is 0.214. The minimum atomic E-state index is -0.303. The molecule has 0 aromatic rings. The molecule has 3 heteroatoms. The van der Waals surface area contributed by atoms with Crippen molar-refractivity contribution in [1.29, 1.82) is 0 Å². The fraction of sp³-hybridized carbons (Fsp3) is 1.00. The average Bonchev–Trinajstić information content (AvgIpc) is 2.49. The Bertz CT molecular complexity index is 161. The number of hydrogen-bond acceptors (Lipinski definition) is 3. The molecule has 0 spiro atoms. The summed E-state index contributed by atoms with van der Waals surface area (Å²) in [6.07, 6.45) is 3.24. The van der Waals surface area contributed by atoms with Crippen molar-refractivity contribution in [1.82, 2.24) is 4.90 Å². The first-order valence-corrected chi connectivity index (χ1v) is 5.59. The van der Waals surface area contributed by atoms with E-state index >= 15 is 0 Å². The maximum atomic E-state index is 9.72. The second-order valence-corrected chi connectivity index (χ2v) is 4.55. The van der Waals surface area contributed by atoms with Gasteiger partial charge in [0, 0.05) is 6.04 Å². The Morgan fingerprint density at radius 3 is 2.71 bits per heavy atom. The summed E-state index contributed by atoms with van der Waals surface area (Å²) in [5.74, 6) is 0. The summed E-state index contributed by atoms with van der Waals surface area (Å²) in [6.45, 7) is 5.63. The maximum absolute atomic E-state index is 9.72. The van der Waals surface area contributed by atoms with E-state index in [-0.39, 0.29) is 12.2 Å². The van der Waals surface area contributed by atoms with E-state index in [1.165, 1.54) is 19.4 Å². The Labute approximate surface area is 87.1 Å². The molecule has 1 rings (SSSR count). The van der Waals surface area contributed by atoms with Crippen molar-refractivity contribution in [2.75, 3.05) is 20.2 Å². The van der Waals surface area contributed by atoms with Gasteiger partial charge in [-0.3, -0.25) is 0 Å². The molecule has 1 heterocycles. The predicted molar refractivity (Wildman–Crippen MR) is 57.4 cm³/mol. The van der Waals surface area contributed by atoms with Gasteiger partial charge < -0.3 is 14.7 Å². The molecule has 0 aromatic carbocycles. The summed E-state index contributed by atoms with van der Waals surface area (Å²) < 4.78 is 5.38. The molecular weight excluding hydrogens is 178 g/mol. The van der Waals surface area contributed by atoms with Crippen molar-refractivity contribution in [2.24, 2.45) is 0 Å². The Balaban J connectivity index is 2.16. The quantitative estimate of drug-likeness (QED) is 0.727. The standard InChI is InChI=1S/C11H23NO2/c1-9(2)14-8-11(13)7-10-5-4-6-12(10)3/h9-11,13H,4-8H2,1-3H3/t10?,11-/m0/s1. The van der Waals surface area contributed by atoms with Crippen LogP contribution in [0.2, 0.25) is 0 Å². The van der Waals surface area contributed by atoms with Gasteiger partial charge in [-0.2, -0.15) is 0 Å². The topological polar surface area (TPSA) is 32.7 Å². The van der Waals surface area contributed by atoms with Gasteiger partial charge in [-0.15, -0.1) is 0 Å². The zero-order valence-corrected chi connectivity index (χ0v) is 9.57. The van der Waals surface area contributed by atoms with Gasteiger partial charge in [0.1, 0.15) is 0 Å². The van der Waals surface area contributed by atoms with E-state index in [0.717, 1.165) is 6.42 Å². The Hall–Kier alpha value is -0.120. The zero-order valence-electron chi connectivity index (χ0n) is 9.57. The van der Waals surface area contributed by atoms with Crippen LogP contribution >= 0.6 is 0 Å². The lowest BCUT2D eigenvalue weighted by Crippen LogP contribution is -2.31. The number of ether oxygens (including phenoxy) is 1. The van der Waals surface area contributed by atoms with Crippen LogP contribution in [-0.4, -0.2) is 48.5 Å². The van der Waals surface area contributed by atoms with Crippen molar-refractivity contribution in [3.63, 3.8) is 0 Å². The lowest BCUT2D eigenvalue weighted by atomic mass is 10.1. The number of nitrogens with zero attached hydrogens (tertiary/aromatic N) is 1. The maximum Gasteiger partial charge on any atom is 0.0788 e. The van der Waals surface area contributed by atoms with Crippen LogP contribution in [0.5, 0.6) is 0 Å². The molecule has 14 heavy (non-hydrogen) atoms. The van der Waals surface area contributed by atoms with E-state index < -0.39 is 0 Å². The summed E-state index contributed by atoms with van der Waals surface area (Å²) >= 11 is 0. The molecule has 2 atom stereocenters.